The highest BCUT2D eigenvalue weighted by molar-refractivity contribution is 5.86. The number of hydrogen-bond donors (Lipinski definition) is 1. The van der Waals surface area contributed by atoms with Crippen LogP contribution in [0.5, 0.6) is 17.2 Å². The number of fused-ring (bicyclic) bond motifs is 1. The van der Waals surface area contributed by atoms with Crippen LogP contribution in [0.4, 0.5) is 0 Å². The maximum atomic E-state index is 12.9. The van der Waals surface area contributed by atoms with E-state index < -0.39 is 5.63 Å². The van der Waals surface area contributed by atoms with Crippen molar-refractivity contribution in [2.75, 3.05) is 27.3 Å². The molecule has 158 valence electrons. The summed E-state index contributed by atoms with van der Waals surface area (Å²) >= 11 is 0. The second-order valence-electron chi connectivity index (χ2n) is 7.69. The standard InChI is InChI=1S/C24H27NO5/c1-28-17-8-9-18(22(14-17)29-2)19-13-16-7-10-21(26)20(23(16)30-24(19)27)15-25-11-5-3-4-6-12-25/h7-10,13-14,26H,3-6,11-12,15H2,1-2H3. The van der Waals surface area contributed by atoms with Gasteiger partial charge in [0.05, 0.1) is 25.3 Å². The largest absolute Gasteiger partial charge is 0.507 e. The van der Waals surface area contributed by atoms with Gasteiger partial charge in [0.2, 0.25) is 0 Å². The van der Waals surface area contributed by atoms with Crippen LogP contribution in [0, 0.1) is 0 Å². The van der Waals surface area contributed by atoms with Gasteiger partial charge in [-0.2, -0.15) is 0 Å². The Balaban J connectivity index is 1.78. The van der Waals surface area contributed by atoms with Crippen molar-refractivity contribution in [1.29, 1.82) is 0 Å². The minimum absolute atomic E-state index is 0.157. The van der Waals surface area contributed by atoms with Gasteiger partial charge in [-0.3, -0.25) is 4.90 Å². The molecule has 6 nitrogen and oxygen atoms in total. The van der Waals surface area contributed by atoms with Gasteiger partial charge >= 0.3 is 5.63 Å². The van der Waals surface area contributed by atoms with E-state index in [4.69, 9.17) is 13.9 Å². The molecule has 0 aliphatic carbocycles. The van der Waals surface area contributed by atoms with Gasteiger partial charge in [-0.25, -0.2) is 4.79 Å². The minimum atomic E-state index is -0.464. The molecule has 0 atom stereocenters. The number of hydrogen-bond acceptors (Lipinski definition) is 6. The number of phenolic OH excluding ortho intramolecular Hbond substituents is 1. The molecule has 1 fully saturated rings. The zero-order chi connectivity index (χ0) is 21.1. The summed E-state index contributed by atoms with van der Waals surface area (Å²) in [7, 11) is 3.13. The smallest absolute Gasteiger partial charge is 0.344 e. The molecule has 0 unspecified atom stereocenters. The van der Waals surface area contributed by atoms with Crippen molar-refractivity contribution in [1.82, 2.24) is 4.90 Å². The topological polar surface area (TPSA) is 72.1 Å². The zero-order valence-corrected chi connectivity index (χ0v) is 17.4. The van der Waals surface area contributed by atoms with Crippen LogP contribution in [0.2, 0.25) is 0 Å². The summed E-state index contributed by atoms with van der Waals surface area (Å²) in [6, 6.07) is 10.6. The van der Waals surface area contributed by atoms with Gasteiger partial charge < -0.3 is 19.0 Å². The lowest BCUT2D eigenvalue weighted by Gasteiger charge is -2.21. The maximum absolute atomic E-state index is 12.9. The molecule has 0 saturated carbocycles. The second kappa shape index (κ2) is 8.79. The van der Waals surface area contributed by atoms with Crippen molar-refractivity contribution in [3.05, 3.63) is 52.4 Å². The third kappa shape index (κ3) is 4.00. The number of benzene rings is 2. The molecule has 3 aromatic rings. The highest BCUT2D eigenvalue weighted by Crippen LogP contribution is 2.35. The van der Waals surface area contributed by atoms with Crippen LogP contribution in [0.15, 0.2) is 45.6 Å². The fraction of sp³-hybridized carbons (Fsp3) is 0.375. The van der Waals surface area contributed by atoms with Gasteiger partial charge in [0.25, 0.3) is 0 Å². The van der Waals surface area contributed by atoms with Crippen molar-refractivity contribution < 1.29 is 19.0 Å². The van der Waals surface area contributed by atoms with Gasteiger partial charge in [-0.05, 0) is 56.3 Å². The lowest BCUT2D eigenvalue weighted by Crippen LogP contribution is -2.24. The van der Waals surface area contributed by atoms with Crippen LogP contribution >= 0.6 is 0 Å². The van der Waals surface area contributed by atoms with E-state index in [9.17, 15) is 9.90 Å². The molecule has 1 N–H and O–H groups in total. The Morgan fingerprint density at radius 2 is 1.73 bits per heavy atom. The van der Waals surface area contributed by atoms with Crippen LogP contribution in [0.1, 0.15) is 31.2 Å². The number of ether oxygens (including phenoxy) is 2. The molecule has 0 bridgehead atoms. The molecule has 2 aromatic carbocycles. The highest BCUT2D eigenvalue weighted by atomic mass is 16.5. The fourth-order valence-corrected chi connectivity index (χ4v) is 4.11. The molecule has 1 aromatic heterocycles. The lowest BCUT2D eigenvalue weighted by molar-refractivity contribution is 0.272. The third-order valence-corrected chi connectivity index (χ3v) is 5.76. The average Bonchev–Trinajstić information content (AvgIpc) is 3.04. The summed E-state index contributed by atoms with van der Waals surface area (Å²) in [4.78, 5) is 15.2. The molecule has 0 amide bonds. The van der Waals surface area contributed by atoms with Crippen molar-refractivity contribution in [3.8, 4) is 28.4 Å². The SMILES string of the molecule is COc1ccc(-c2cc3ccc(O)c(CN4CCCCCC4)c3oc2=O)c(OC)c1. The third-order valence-electron chi connectivity index (χ3n) is 5.76. The average molecular weight is 409 g/mol. The van der Waals surface area contributed by atoms with Gasteiger partial charge in [0, 0.05) is 23.6 Å². The number of aromatic hydroxyl groups is 1. The van der Waals surface area contributed by atoms with Crippen LogP contribution in [0.25, 0.3) is 22.1 Å². The van der Waals surface area contributed by atoms with Crippen molar-refractivity contribution in [2.45, 2.75) is 32.2 Å². The van der Waals surface area contributed by atoms with E-state index in [-0.39, 0.29) is 5.75 Å². The molecule has 2 heterocycles. The molecule has 1 aliphatic heterocycles. The van der Waals surface area contributed by atoms with E-state index >= 15 is 0 Å². The Morgan fingerprint density at radius 1 is 0.967 bits per heavy atom. The number of phenols is 1. The van der Waals surface area contributed by atoms with Crippen LogP contribution in [0.3, 0.4) is 0 Å². The Kier molecular flexibility index (Phi) is 5.95. The van der Waals surface area contributed by atoms with E-state index in [2.05, 4.69) is 4.90 Å². The van der Waals surface area contributed by atoms with Gasteiger partial charge in [-0.15, -0.1) is 0 Å². The molecule has 1 aliphatic rings. The molecule has 1 saturated heterocycles. The normalized spacial score (nSPS) is 15.1. The zero-order valence-electron chi connectivity index (χ0n) is 17.4. The Morgan fingerprint density at radius 3 is 2.43 bits per heavy atom. The van der Waals surface area contributed by atoms with E-state index in [0.29, 0.717) is 40.3 Å². The first kappa shape index (κ1) is 20.3. The molecule has 0 radical (unpaired) electrons. The quantitative estimate of drug-likeness (QED) is 0.623. The summed E-state index contributed by atoms with van der Waals surface area (Å²) in [5.41, 5.74) is 1.69. The number of rotatable bonds is 5. The second-order valence-corrected chi connectivity index (χ2v) is 7.69. The Hall–Kier alpha value is -2.99. The molecule has 30 heavy (non-hydrogen) atoms. The van der Waals surface area contributed by atoms with Crippen molar-refractivity contribution in [2.24, 2.45) is 0 Å². The maximum Gasteiger partial charge on any atom is 0.344 e. The van der Waals surface area contributed by atoms with E-state index in [1.807, 2.05) is 0 Å². The summed E-state index contributed by atoms with van der Waals surface area (Å²) in [6.45, 7) is 2.54. The molecular formula is C24H27NO5. The highest BCUT2D eigenvalue weighted by Gasteiger charge is 2.19. The summed E-state index contributed by atoms with van der Waals surface area (Å²) in [5, 5.41) is 11.3. The van der Waals surface area contributed by atoms with Crippen LogP contribution in [-0.2, 0) is 6.54 Å². The van der Waals surface area contributed by atoms with Crippen LogP contribution in [-0.4, -0.2) is 37.3 Å². The first-order valence-electron chi connectivity index (χ1n) is 10.3. The van der Waals surface area contributed by atoms with Gasteiger partial charge in [0.15, 0.2) is 0 Å². The first-order chi connectivity index (χ1) is 14.6. The molecule has 6 heteroatoms. The first-order valence-corrected chi connectivity index (χ1v) is 10.3. The minimum Gasteiger partial charge on any atom is -0.507 e. The molecular weight excluding hydrogens is 382 g/mol. The summed E-state index contributed by atoms with van der Waals surface area (Å²) in [6.07, 6.45) is 4.77. The molecule has 0 spiro atoms. The monoisotopic (exact) mass is 409 g/mol. The molecule has 4 rings (SSSR count). The Labute approximate surface area is 175 Å². The van der Waals surface area contributed by atoms with E-state index in [1.54, 1.807) is 50.6 Å². The number of methoxy groups -OCH3 is 2. The van der Waals surface area contributed by atoms with Crippen molar-refractivity contribution >= 4 is 11.0 Å². The van der Waals surface area contributed by atoms with E-state index in [0.717, 1.165) is 31.3 Å². The van der Waals surface area contributed by atoms with Crippen molar-refractivity contribution in [3.63, 3.8) is 0 Å². The van der Waals surface area contributed by atoms with Gasteiger partial charge in [0.1, 0.15) is 22.8 Å². The number of likely N-dealkylation sites (tertiary alicyclic amines) is 1. The predicted octanol–water partition coefficient (Wildman–Crippen LogP) is 4.56. The summed E-state index contributed by atoms with van der Waals surface area (Å²) < 4.78 is 16.5. The number of nitrogens with zero attached hydrogens (tertiary/aromatic N) is 1. The fourth-order valence-electron chi connectivity index (χ4n) is 4.11. The Bertz CT molecular complexity index is 1100. The lowest BCUT2D eigenvalue weighted by atomic mass is 10.0. The van der Waals surface area contributed by atoms with Crippen LogP contribution < -0.4 is 15.1 Å². The van der Waals surface area contributed by atoms with E-state index in [1.165, 1.54) is 12.8 Å². The predicted molar refractivity (Wildman–Crippen MR) is 116 cm³/mol. The van der Waals surface area contributed by atoms with Gasteiger partial charge in [-0.1, -0.05) is 12.8 Å². The summed E-state index contributed by atoms with van der Waals surface area (Å²) in [5.74, 6) is 1.33.